The number of hydrogen-bond acceptors (Lipinski definition) is 3. The highest BCUT2D eigenvalue weighted by Gasteiger charge is 2.05. The molecule has 0 aliphatic carbocycles. The summed E-state index contributed by atoms with van der Waals surface area (Å²) in [5, 5.41) is 3.52. The highest BCUT2D eigenvalue weighted by molar-refractivity contribution is 4.65. The molecule has 1 N–H and O–H groups in total. The lowest BCUT2D eigenvalue weighted by Crippen LogP contribution is -2.39. The first-order valence-corrected chi connectivity index (χ1v) is 6.28. The number of likely N-dealkylation sites (N-methyl/N-ethyl adjacent to an activating group) is 1. The summed E-state index contributed by atoms with van der Waals surface area (Å²) >= 11 is 0. The summed E-state index contributed by atoms with van der Waals surface area (Å²) in [6.45, 7) is 14.9. The number of nitrogens with one attached hydrogen (secondary N) is 1. The van der Waals surface area contributed by atoms with E-state index < -0.39 is 0 Å². The summed E-state index contributed by atoms with van der Waals surface area (Å²) in [7, 11) is 0. The Labute approximate surface area is 95.2 Å². The maximum absolute atomic E-state index is 5.29. The molecular weight excluding hydrogens is 188 g/mol. The minimum atomic E-state index is 0.575. The summed E-state index contributed by atoms with van der Waals surface area (Å²) in [6, 6.07) is 0.575. The molecule has 3 nitrogen and oxygen atoms in total. The summed E-state index contributed by atoms with van der Waals surface area (Å²) in [5.41, 5.74) is 0. The standard InChI is InChI=1S/C12H28N2O/c1-5-14(6-2)11-12(4)13-9-8-10-15-7-3/h12-13H,5-11H2,1-4H3. The van der Waals surface area contributed by atoms with Crippen LogP contribution in [0.2, 0.25) is 0 Å². The zero-order chi connectivity index (χ0) is 11.5. The Morgan fingerprint density at radius 1 is 1.20 bits per heavy atom. The van der Waals surface area contributed by atoms with Gasteiger partial charge in [-0.25, -0.2) is 0 Å². The summed E-state index contributed by atoms with van der Waals surface area (Å²) in [5.74, 6) is 0. The van der Waals surface area contributed by atoms with Gasteiger partial charge in [-0.3, -0.25) is 0 Å². The SMILES string of the molecule is CCOCCCNC(C)CN(CC)CC. The highest BCUT2D eigenvalue weighted by Crippen LogP contribution is 1.92. The van der Waals surface area contributed by atoms with Crippen molar-refractivity contribution in [3.63, 3.8) is 0 Å². The first-order chi connectivity index (χ1) is 7.24. The molecule has 0 spiro atoms. The van der Waals surface area contributed by atoms with Gasteiger partial charge in [0.15, 0.2) is 0 Å². The van der Waals surface area contributed by atoms with Crippen molar-refractivity contribution in [2.75, 3.05) is 39.4 Å². The van der Waals surface area contributed by atoms with Gasteiger partial charge >= 0.3 is 0 Å². The summed E-state index contributed by atoms with van der Waals surface area (Å²) in [4.78, 5) is 2.44. The molecule has 0 aliphatic rings. The Hall–Kier alpha value is -0.120. The Bertz CT molecular complexity index is 127. The van der Waals surface area contributed by atoms with E-state index in [1.54, 1.807) is 0 Å². The van der Waals surface area contributed by atoms with Crippen molar-refractivity contribution in [2.24, 2.45) is 0 Å². The minimum Gasteiger partial charge on any atom is -0.382 e. The van der Waals surface area contributed by atoms with E-state index in [1.165, 1.54) is 0 Å². The number of ether oxygens (including phenoxy) is 1. The molecule has 3 heteroatoms. The quantitative estimate of drug-likeness (QED) is 0.563. The second kappa shape index (κ2) is 10.4. The molecule has 92 valence electrons. The molecule has 15 heavy (non-hydrogen) atoms. The first kappa shape index (κ1) is 14.9. The zero-order valence-electron chi connectivity index (χ0n) is 10.9. The van der Waals surface area contributed by atoms with Gasteiger partial charge in [0.25, 0.3) is 0 Å². The predicted octanol–water partition coefficient (Wildman–Crippen LogP) is 1.73. The maximum Gasteiger partial charge on any atom is 0.0477 e. The van der Waals surface area contributed by atoms with Gasteiger partial charge in [0.1, 0.15) is 0 Å². The van der Waals surface area contributed by atoms with Crippen molar-refractivity contribution >= 4 is 0 Å². The van der Waals surface area contributed by atoms with Crippen LogP contribution in [0.3, 0.4) is 0 Å². The molecular formula is C12H28N2O. The van der Waals surface area contributed by atoms with Crippen LogP contribution < -0.4 is 5.32 Å². The third-order valence-electron chi connectivity index (χ3n) is 2.59. The van der Waals surface area contributed by atoms with Crippen molar-refractivity contribution in [2.45, 2.75) is 40.2 Å². The lowest BCUT2D eigenvalue weighted by atomic mass is 10.3. The summed E-state index contributed by atoms with van der Waals surface area (Å²) < 4.78 is 5.29. The van der Waals surface area contributed by atoms with E-state index >= 15 is 0 Å². The van der Waals surface area contributed by atoms with Crippen LogP contribution >= 0.6 is 0 Å². The van der Waals surface area contributed by atoms with Crippen molar-refractivity contribution in [1.82, 2.24) is 10.2 Å². The van der Waals surface area contributed by atoms with Crippen LogP contribution in [0.4, 0.5) is 0 Å². The van der Waals surface area contributed by atoms with Crippen LogP contribution in [0, 0.1) is 0 Å². The number of nitrogens with zero attached hydrogens (tertiary/aromatic N) is 1. The van der Waals surface area contributed by atoms with Gasteiger partial charge in [-0.15, -0.1) is 0 Å². The first-order valence-electron chi connectivity index (χ1n) is 6.28. The Morgan fingerprint density at radius 2 is 1.87 bits per heavy atom. The number of hydrogen-bond donors (Lipinski definition) is 1. The smallest absolute Gasteiger partial charge is 0.0477 e. The molecule has 0 saturated heterocycles. The van der Waals surface area contributed by atoms with E-state index in [1.807, 2.05) is 6.92 Å². The predicted molar refractivity (Wildman–Crippen MR) is 66.4 cm³/mol. The highest BCUT2D eigenvalue weighted by atomic mass is 16.5. The average Bonchev–Trinajstić information content (AvgIpc) is 2.25. The Balaban J connectivity index is 3.35. The molecule has 0 saturated carbocycles. The fraction of sp³-hybridized carbons (Fsp3) is 1.00. The fourth-order valence-electron chi connectivity index (χ4n) is 1.60. The second-order valence-electron chi connectivity index (χ2n) is 3.89. The van der Waals surface area contributed by atoms with E-state index in [-0.39, 0.29) is 0 Å². The van der Waals surface area contributed by atoms with Gasteiger partial charge in [0.2, 0.25) is 0 Å². The van der Waals surface area contributed by atoms with Gasteiger partial charge in [-0.1, -0.05) is 13.8 Å². The van der Waals surface area contributed by atoms with Crippen molar-refractivity contribution < 1.29 is 4.74 Å². The van der Waals surface area contributed by atoms with E-state index in [0.29, 0.717) is 6.04 Å². The molecule has 0 aliphatic heterocycles. The molecule has 0 heterocycles. The van der Waals surface area contributed by atoms with Gasteiger partial charge in [-0.2, -0.15) is 0 Å². The normalized spacial score (nSPS) is 13.4. The molecule has 0 amide bonds. The molecule has 0 aromatic heterocycles. The van der Waals surface area contributed by atoms with Crippen molar-refractivity contribution in [1.29, 1.82) is 0 Å². The van der Waals surface area contributed by atoms with E-state index in [9.17, 15) is 0 Å². The molecule has 0 radical (unpaired) electrons. The van der Waals surface area contributed by atoms with Crippen LogP contribution in [-0.2, 0) is 4.74 Å². The van der Waals surface area contributed by atoms with Crippen LogP contribution in [0.1, 0.15) is 34.1 Å². The van der Waals surface area contributed by atoms with Gasteiger partial charge in [0.05, 0.1) is 0 Å². The molecule has 0 aromatic carbocycles. The molecule has 0 aromatic rings. The monoisotopic (exact) mass is 216 g/mol. The third kappa shape index (κ3) is 8.85. The van der Waals surface area contributed by atoms with Crippen LogP contribution in [0.25, 0.3) is 0 Å². The van der Waals surface area contributed by atoms with E-state index in [4.69, 9.17) is 4.74 Å². The molecule has 1 atom stereocenters. The Kier molecular flexibility index (Phi) is 10.3. The van der Waals surface area contributed by atoms with Gasteiger partial charge in [-0.05, 0) is 39.9 Å². The minimum absolute atomic E-state index is 0.575. The van der Waals surface area contributed by atoms with Crippen LogP contribution in [-0.4, -0.2) is 50.3 Å². The van der Waals surface area contributed by atoms with E-state index in [2.05, 4.69) is 31.0 Å². The van der Waals surface area contributed by atoms with Crippen LogP contribution in [0.5, 0.6) is 0 Å². The van der Waals surface area contributed by atoms with Crippen molar-refractivity contribution in [3.8, 4) is 0 Å². The molecule has 0 bridgehead atoms. The lowest BCUT2D eigenvalue weighted by Gasteiger charge is -2.23. The maximum atomic E-state index is 5.29. The largest absolute Gasteiger partial charge is 0.382 e. The summed E-state index contributed by atoms with van der Waals surface area (Å²) in [6.07, 6.45) is 1.11. The van der Waals surface area contributed by atoms with Gasteiger partial charge < -0.3 is 15.0 Å². The topological polar surface area (TPSA) is 24.5 Å². The number of rotatable bonds is 10. The molecule has 0 rings (SSSR count). The average molecular weight is 216 g/mol. The fourth-order valence-corrected chi connectivity index (χ4v) is 1.60. The molecule has 1 unspecified atom stereocenters. The van der Waals surface area contributed by atoms with Crippen molar-refractivity contribution in [3.05, 3.63) is 0 Å². The van der Waals surface area contributed by atoms with Gasteiger partial charge in [0, 0.05) is 25.8 Å². The third-order valence-corrected chi connectivity index (χ3v) is 2.59. The van der Waals surface area contributed by atoms with E-state index in [0.717, 1.165) is 45.8 Å². The lowest BCUT2D eigenvalue weighted by molar-refractivity contribution is 0.143. The molecule has 0 fully saturated rings. The Morgan fingerprint density at radius 3 is 2.40 bits per heavy atom. The second-order valence-corrected chi connectivity index (χ2v) is 3.89. The zero-order valence-corrected chi connectivity index (χ0v) is 10.9. The van der Waals surface area contributed by atoms with Crippen LogP contribution in [0.15, 0.2) is 0 Å².